The van der Waals surface area contributed by atoms with Crippen LogP contribution in [0.15, 0.2) is 18.5 Å². The summed E-state index contributed by atoms with van der Waals surface area (Å²) in [7, 11) is -18.3. The van der Waals surface area contributed by atoms with Crippen molar-refractivity contribution in [3.63, 3.8) is 0 Å². The molecule has 3 rings (SSSR count). The van der Waals surface area contributed by atoms with Crippen LogP contribution >= 0.6 is 23.5 Å². The summed E-state index contributed by atoms with van der Waals surface area (Å²) in [6.07, 6.45) is -2.62. The minimum Gasteiger partial charge on any atom is -0.790 e. The molecule has 3 N–H and O–H groups in total. The van der Waals surface area contributed by atoms with Crippen LogP contribution in [0.4, 0.5) is 5.82 Å². The van der Waals surface area contributed by atoms with Gasteiger partial charge in [-0.1, -0.05) is 0 Å². The fourth-order valence-corrected chi connectivity index (χ4v) is 6.32. The third kappa shape index (κ3) is 5.02. The summed E-state index contributed by atoms with van der Waals surface area (Å²) in [5, 5.41) is 34.5. The van der Waals surface area contributed by atoms with Crippen LogP contribution in [0.25, 0.3) is 5.52 Å². The fourth-order valence-electron chi connectivity index (χ4n) is 3.46. The number of aliphatic hydroxyl groups is 1. The van der Waals surface area contributed by atoms with Crippen LogP contribution in [0.1, 0.15) is 12.6 Å². The van der Waals surface area contributed by atoms with Crippen LogP contribution in [0.5, 0.6) is 0 Å². The Kier molecular flexibility index (Phi) is 7.02. The van der Waals surface area contributed by atoms with E-state index in [1.165, 1.54) is 12.1 Å². The van der Waals surface area contributed by atoms with E-state index in [0.717, 1.165) is 17.8 Å². The Bertz CT molecular complexity index is 1380. The first-order chi connectivity index (χ1) is 16.0. The molecule has 35 heavy (non-hydrogen) atoms. The molecule has 0 aromatic carbocycles. The van der Waals surface area contributed by atoms with Crippen molar-refractivity contribution in [3.8, 4) is 12.1 Å². The first kappa shape index (κ1) is 27.3. The number of anilines is 1. The zero-order valence-electron chi connectivity index (χ0n) is 17.2. The minimum absolute atomic E-state index is 0.00541. The van der Waals surface area contributed by atoms with Gasteiger partial charge in [-0.05, 0) is 19.1 Å². The Morgan fingerprint density at radius 2 is 1.86 bits per heavy atom. The van der Waals surface area contributed by atoms with Crippen LogP contribution in [-0.4, -0.2) is 38.5 Å². The summed E-state index contributed by atoms with van der Waals surface area (Å²) < 4.78 is 51.1. The van der Waals surface area contributed by atoms with Gasteiger partial charge in [0.25, 0.3) is 15.6 Å². The number of phosphoric acid groups is 3. The third-order valence-corrected chi connectivity index (χ3v) is 8.70. The number of nitrogens with zero attached hydrogens (tertiary/aromatic N) is 5. The van der Waals surface area contributed by atoms with Crippen molar-refractivity contribution in [3.05, 3.63) is 24.2 Å². The number of aliphatic hydroxyl groups excluding tert-OH is 1. The monoisotopic (exact) mass is 550 g/mol. The highest BCUT2D eigenvalue weighted by Gasteiger charge is 2.66. The molecule has 2 aromatic rings. The second-order valence-corrected chi connectivity index (χ2v) is 11.4. The number of hydrogen-bond donors (Lipinski definition) is 2. The molecule has 2 unspecified atom stereocenters. The Morgan fingerprint density at radius 1 is 1.20 bits per heavy atom. The molecule has 18 nitrogen and oxygen atoms in total. The van der Waals surface area contributed by atoms with Gasteiger partial charge in [0.1, 0.15) is 35.5 Å². The standard InChI is InChI=1S/C14H17N6O12P3/c1-13(5-15)11(21)9(4-29-34(25,26)32-35(27,28)31-33(22,23)24)30-14(13,6-16)10-3-2-8-12(17)18-7-19-20(8)10/h2-3,7,9,11,21H,4H2,1H3,(H,25,26)(H,27,28)(H2,17,18,19)(H2,22,23,24)/p-4/t9-,11+,13-,14+/m0/s1. The maximum absolute atomic E-state index is 11.8. The molecule has 0 spiro atoms. The van der Waals surface area contributed by atoms with Crippen molar-refractivity contribution in [1.29, 1.82) is 10.5 Å². The van der Waals surface area contributed by atoms with Crippen LogP contribution in [0.2, 0.25) is 0 Å². The Labute approximate surface area is 195 Å². The van der Waals surface area contributed by atoms with E-state index in [0.29, 0.717) is 0 Å². The topological polar surface area (TPSA) is 304 Å². The zero-order chi connectivity index (χ0) is 26.4. The van der Waals surface area contributed by atoms with E-state index in [2.05, 4.69) is 23.2 Å². The number of phosphoric ester groups is 1. The smallest absolute Gasteiger partial charge is 0.278 e. The SMILES string of the molecule is C[C@]1(C#N)[C@H](O)[C@H](COP(=O)([O-])OP(=O)([O-])OP(=O)([O-])[O-])O[C@]1(C#N)c1ccc2c(N)ncnn12. The van der Waals surface area contributed by atoms with Gasteiger partial charge in [0, 0.05) is 0 Å². The molecule has 21 heteroatoms. The summed E-state index contributed by atoms with van der Waals surface area (Å²) in [6, 6.07) is 6.25. The quantitative estimate of drug-likeness (QED) is 0.312. The second kappa shape index (κ2) is 8.99. The third-order valence-electron chi connectivity index (χ3n) is 5.03. The molecule has 1 fully saturated rings. The summed E-state index contributed by atoms with van der Waals surface area (Å²) in [4.78, 5) is 47.7. The van der Waals surface area contributed by atoms with Gasteiger partial charge in [-0.25, -0.2) is 13.8 Å². The Balaban J connectivity index is 1.91. The van der Waals surface area contributed by atoms with E-state index in [-0.39, 0.29) is 17.0 Å². The lowest BCUT2D eigenvalue weighted by molar-refractivity contribution is -0.339. The average molecular weight is 550 g/mol. The van der Waals surface area contributed by atoms with Crippen molar-refractivity contribution >= 4 is 34.8 Å². The maximum atomic E-state index is 11.8. The van der Waals surface area contributed by atoms with Crippen LogP contribution in [0, 0.1) is 28.1 Å². The predicted octanol–water partition coefficient (Wildman–Crippen LogP) is -2.86. The molecule has 0 aliphatic carbocycles. The molecule has 0 amide bonds. The van der Waals surface area contributed by atoms with Gasteiger partial charge >= 0.3 is 0 Å². The first-order valence-electron chi connectivity index (χ1n) is 8.99. The Hall–Kier alpha value is -2.27. The van der Waals surface area contributed by atoms with Gasteiger partial charge in [0.2, 0.25) is 5.60 Å². The van der Waals surface area contributed by atoms with Crippen LogP contribution in [-0.2, 0) is 37.2 Å². The van der Waals surface area contributed by atoms with Crippen molar-refractivity contribution < 1.29 is 56.3 Å². The molecule has 6 atom stereocenters. The molecule has 2 aromatic heterocycles. The second-order valence-electron chi connectivity index (χ2n) is 7.17. The number of nitriles is 2. The largest absolute Gasteiger partial charge is 0.790 e. The lowest BCUT2D eigenvalue weighted by Gasteiger charge is -2.37. The number of nitrogens with two attached hydrogens (primary N) is 1. The zero-order valence-corrected chi connectivity index (χ0v) is 19.9. The molecule has 190 valence electrons. The average Bonchev–Trinajstić information content (AvgIpc) is 3.24. The molecule has 1 saturated heterocycles. The van der Waals surface area contributed by atoms with E-state index in [1.807, 2.05) is 0 Å². The normalized spacial score (nSPS) is 30.3. The number of hydrogen-bond acceptors (Lipinski definition) is 17. The molecule has 3 heterocycles. The number of rotatable bonds is 8. The number of fused-ring (bicyclic) bond motifs is 1. The summed E-state index contributed by atoms with van der Waals surface area (Å²) in [5.74, 6) is 0.00541. The predicted molar refractivity (Wildman–Crippen MR) is 100 cm³/mol. The molecule has 1 aliphatic heterocycles. The highest BCUT2D eigenvalue weighted by Crippen LogP contribution is 2.61. The molecular weight excluding hydrogens is 537 g/mol. The van der Waals surface area contributed by atoms with E-state index < -0.39 is 53.3 Å². The first-order valence-corrected chi connectivity index (χ1v) is 13.4. The summed E-state index contributed by atoms with van der Waals surface area (Å²) >= 11 is 0. The van der Waals surface area contributed by atoms with E-state index in [1.54, 1.807) is 12.1 Å². The molecular formula is C14H13N6O12P3-4. The van der Waals surface area contributed by atoms with Crippen LogP contribution in [0.3, 0.4) is 0 Å². The van der Waals surface area contributed by atoms with E-state index >= 15 is 0 Å². The molecule has 0 bridgehead atoms. The fraction of sp³-hybridized carbons (Fsp3) is 0.429. The van der Waals surface area contributed by atoms with Crippen LogP contribution < -0.4 is 25.3 Å². The summed E-state index contributed by atoms with van der Waals surface area (Å²) in [5.41, 5.74) is 1.53. The molecule has 0 saturated carbocycles. The lowest BCUT2D eigenvalue weighted by atomic mass is 9.71. The van der Waals surface area contributed by atoms with E-state index in [4.69, 9.17) is 10.5 Å². The van der Waals surface area contributed by atoms with Gasteiger partial charge in [-0.3, -0.25) is 13.4 Å². The Morgan fingerprint density at radius 3 is 2.43 bits per heavy atom. The van der Waals surface area contributed by atoms with Gasteiger partial charge in [-0.15, -0.1) is 0 Å². The van der Waals surface area contributed by atoms with Gasteiger partial charge in [-0.2, -0.15) is 15.6 Å². The number of nitrogen functional groups attached to an aromatic ring is 1. The van der Waals surface area contributed by atoms with Gasteiger partial charge < -0.3 is 44.2 Å². The highest BCUT2D eigenvalue weighted by atomic mass is 31.3. The minimum atomic E-state index is -6.22. The maximum Gasteiger partial charge on any atom is 0.278 e. The van der Waals surface area contributed by atoms with Gasteiger partial charge in [0.05, 0.1) is 26.2 Å². The van der Waals surface area contributed by atoms with Crippen molar-refractivity contribution in [2.75, 3.05) is 12.3 Å². The van der Waals surface area contributed by atoms with Crippen molar-refractivity contribution in [1.82, 2.24) is 14.6 Å². The highest BCUT2D eigenvalue weighted by molar-refractivity contribution is 7.64. The number of ether oxygens (including phenoxy) is 1. The molecule has 1 aliphatic rings. The van der Waals surface area contributed by atoms with E-state index in [9.17, 15) is 48.9 Å². The lowest BCUT2D eigenvalue weighted by Crippen LogP contribution is -2.45. The van der Waals surface area contributed by atoms with Crippen molar-refractivity contribution in [2.45, 2.75) is 24.7 Å². The number of aromatic nitrogens is 3. The molecule has 0 radical (unpaired) electrons. The van der Waals surface area contributed by atoms with Gasteiger partial charge in [0.15, 0.2) is 5.82 Å². The summed E-state index contributed by atoms with van der Waals surface area (Å²) in [6.45, 7) is -0.0761. The van der Waals surface area contributed by atoms with Crippen molar-refractivity contribution in [2.24, 2.45) is 5.41 Å².